The quantitative estimate of drug-likeness (QED) is 0.867. The molecule has 0 aliphatic carbocycles. The highest BCUT2D eigenvalue weighted by molar-refractivity contribution is 5.78. The van der Waals surface area contributed by atoms with Gasteiger partial charge in [-0.25, -0.2) is 4.98 Å². The van der Waals surface area contributed by atoms with Gasteiger partial charge in [-0.15, -0.1) is 0 Å². The lowest BCUT2D eigenvalue weighted by atomic mass is 9.96. The molecule has 1 fully saturated rings. The van der Waals surface area contributed by atoms with Crippen molar-refractivity contribution in [2.75, 3.05) is 13.1 Å². The van der Waals surface area contributed by atoms with Crippen molar-refractivity contribution in [2.24, 2.45) is 0 Å². The maximum atomic E-state index is 11.9. The molecule has 1 aromatic carbocycles. The number of benzene rings is 1. The number of aromatic amines is 1. The van der Waals surface area contributed by atoms with Crippen LogP contribution in [0.25, 0.3) is 11.0 Å². The molecule has 0 spiro atoms. The molecule has 100 valence electrons. The summed E-state index contributed by atoms with van der Waals surface area (Å²) in [7, 11) is 0. The molecule has 0 saturated carbocycles. The van der Waals surface area contributed by atoms with Crippen LogP contribution in [0.5, 0.6) is 0 Å². The topological polar surface area (TPSA) is 69.2 Å². The molecule has 19 heavy (non-hydrogen) atoms. The highest BCUT2D eigenvalue weighted by Gasteiger charge is 2.38. The van der Waals surface area contributed by atoms with Gasteiger partial charge >= 0.3 is 0 Å². The highest BCUT2D eigenvalue weighted by Crippen LogP contribution is 2.21. The number of hydrogen-bond donors (Lipinski definition) is 2. The van der Waals surface area contributed by atoms with Gasteiger partial charge in [0.1, 0.15) is 5.82 Å². The van der Waals surface area contributed by atoms with Crippen LogP contribution in [0.15, 0.2) is 24.3 Å². The minimum absolute atomic E-state index is 0.0759. The number of imidazole rings is 1. The van der Waals surface area contributed by atoms with Crippen LogP contribution in [0.1, 0.15) is 19.2 Å². The Morgan fingerprint density at radius 2 is 2.21 bits per heavy atom. The number of amides is 1. The summed E-state index contributed by atoms with van der Waals surface area (Å²) in [5, 5.41) is 9.60. The monoisotopic (exact) mass is 259 g/mol. The van der Waals surface area contributed by atoms with E-state index in [9.17, 15) is 9.90 Å². The molecule has 5 heteroatoms. The number of carbonyl (C=O) groups is 1. The number of nitrogens with zero attached hydrogens (tertiary/aromatic N) is 2. The van der Waals surface area contributed by atoms with Gasteiger partial charge in [-0.05, 0) is 19.1 Å². The minimum Gasteiger partial charge on any atom is -0.386 e. The van der Waals surface area contributed by atoms with Gasteiger partial charge in [-0.3, -0.25) is 4.79 Å². The fourth-order valence-corrected chi connectivity index (χ4v) is 2.46. The second-order valence-electron chi connectivity index (χ2n) is 5.45. The fourth-order valence-electron chi connectivity index (χ4n) is 2.46. The van der Waals surface area contributed by atoms with Gasteiger partial charge < -0.3 is 15.0 Å². The second kappa shape index (κ2) is 4.35. The first-order chi connectivity index (χ1) is 9.03. The Balaban J connectivity index is 1.59. The zero-order valence-corrected chi connectivity index (χ0v) is 10.9. The van der Waals surface area contributed by atoms with Gasteiger partial charge in [0.15, 0.2) is 0 Å². The Labute approximate surface area is 111 Å². The van der Waals surface area contributed by atoms with E-state index in [0.717, 1.165) is 16.9 Å². The maximum Gasteiger partial charge on any atom is 0.223 e. The molecule has 1 aliphatic heterocycles. The number of aliphatic hydroxyl groups is 1. The van der Waals surface area contributed by atoms with Crippen molar-refractivity contribution in [3.63, 3.8) is 0 Å². The third kappa shape index (κ3) is 2.46. The molecule has 0 unspecified atom stereocenters. The van der Waals surface area contributed by atoms with Gasteiger partial charge in [-0.1, -0.05) is 12.1 Å². The molecule has 1 aliphatic rings. The summed E-state index contributed by atoms with van der Waals surface area (Å²) in [6, 6.07) is 7.82. The molecule has 2 aromatic rings. The van der Waals surface area contributed by atoms with Crippen molar-refractivity contribution in [3.05, 3.63) is 30.1 Å². The smallest absolute Gasteiger partial charge is 0.223 e. The Hall–Kier alpha value is -1.88. The number of hydrogen-bond acceptors (Lipinski definition) is 3. The van der Waals surface area contributed by atoms with Crippen LogP contribution < -0.4 is 0 Å². The number of aryl methyl sites for hydroxylation is 1. The van der Waals surface area contributed by atoms with E-state index < -0.39 is 5.60 Å². The van der Waals surface area contributed by atoms with Crippen LogP contribution in [0, 0.1) is 0 Å². The zero-order valence-electron chi connectivity index (χ0n) is 10.9. The van der Waals surface area contributed by atoms with Crippen LogP contribution in [-0.2, 0) is 11.2 Å². The third-order valence-corrected chi connectivity index (χ3v) is 3.43. The molecule has 1 amide bonds. The molecule has 2 heterocycles. The van der Waals surface area contributed by atoms with E-state index in [1.807, 2.05) is 24.3 Å². The summed E-state index contributed by atoms with van der Waals surface area (Å²) >= 11 is 0. The number of carbonyl (C=O) groups excluding carboxylic acids is 1. The first-order valence-corrected chi connectivity index (χ1v) is 6.47. The maximum absolute atomic E-state index is 11.9. The van der Waals surface area contributed by atoms with Crippen LogP contribution >= 0.6 is 0 Å². The molecular formula is C14H17N3O2. The molecule has 1 saturated heterocycles. The third-order valence-electron chi connectivity index (χ3n) is 3.43. The number of H-pyrrole nitrogens is 1. The summed E-state index contributed by atoms with van der Waals surface area (Å²) in [4.78, 5) is 21.2. The number of aromatic nitrogens is 2. The largest absolute Gasteiger partial charge is 0.386 e. The predicted octanol–water partition coefficient (Wildman–Crippen LogP) is 1.09. The Bertz CT molecular complexity index is 577. The number of para-hydroxylation sites is 2. The average molecular weight is 259 g/mol. The standard InChI is InChI=1S/C14H17N3O2/c1-14(19)8-17(9-14)13(18)7-6-12-15-10-4-2-3-5-11(10)16-12/h2-5,19H,6-9H2,1H3,(H,15,16). The average Bonchev–Trinajstić information content (AvgIpc) is 2.75. The summed E-state index contributed by atoms with van der Waals surface area (Å²) in [5.41, 5.74) is 1.23. The van der Waals surface area contributed by atoms with E-state index in [1.165, 1.54) is 0 Å². The number of β-amino-alcohol motifs (C(OH)–C–C–N with tert-alkyl or cyclic N) is 1. The van der Waals surface area contributed by atoms with Crippen LogP contribution in [0.4, 0.5) is 0 Å². The molecule has 2 N–H and O–H groups in total. The van der Waals surface area contributed by atoms with Crippen molar-refractivity contribution < 1.29 is 9.90 Å². The van der Waals surface area contributed by atoms with Crippen LogP contribution in [-0.4, -0.2) is 44.6 Å². The molecule has 0 radical (unpaired) electrons. The second-order valence-corrected chi connectivity index (χ2v) is 5.45. The van der Waals surface area contributed by atoms with E-state index in [4.69, 9.17) is 0 Å². The first-order valence-electron chi connectivity index (χ1n) is 6.47. The summed E-state index contributed by atoms with van der Waals surface area (Å²) in [6.45, 7) is 2.62. The van der Waals surface area contributed by atoms with Gasteiger partial charge in [0.25, 0.3) is 0 Å². The lowest BCUT2D eigenvalue weighted by Crippen LogP contribution is -2.61. The SMILES string of the molecule is CC1(O)CN(C(=O)CCc2nc3ccccc3[nH]2)C1. The van der Waals surface area contributed by atoms with Crippen LogP contribution in [0.3, 0.4) is 0 Å². The lowest BCUT2D eigenvalue weighted by Gasteiger charge is -2.44. The zero-order chi connectivity index (χ0) is 13.5. The summed E-state index contributed by atoms with van der Waals surface area (Å²) in [6.07, 6.45) is 1.03. The Morgan fingerprint density at radius 3 is 2.89 bits per heavy atom. The lowest BCUT2D eigenvalue weighted by molar-refractivity contribution is -0.152. The predicted molar refractivity (Wildman–Crippen MR) is 71.6 cm³/mol. The Morgan fingerprint density at radius 1 is 1.47 bits per heavy atom. The van der Waals surface area contributed by atoms with Crippen molar-refractivity contribution in [2.45, 2.75) is 25.4 Å². The van der Waals surface area contributed by atoms with Gasteiger partial charge in [0.05, 0.1) is 29.7 Å². The molecule has 5 nitrogen and oxygen atoms in total. The van der Waals surface area contributed by atoms with Gasteiger partial charge in [0, 0.05) is 12.8 Å². The van der Waals surface area contributed by atoms with Gasteiger partial charge in [-0.2, -0.15) is 0 Å². The van der Waals surface area contributed by atoms with Crippen LogP contribution in [0.2, 0.25) is 0 Å². The minimum atomic E-state index is -0.699. The van der Waals surface area contributed by atoms with Crippen molar-refractivity contribution >= 4 is 16.9 Å². The van der Waals surface area contributed by atoms with Crippen molar-refractivity contribution in [1.29, 1.82) is 0 Å². The summed E-state index contributed by atoms with van der Waals surface area (Å²) < 4.78 is 0. The number of likely N-dealkylation sites (tertiary alicyclic amines) is 1. The highest BCUT2D eigenvalue weighted by atomic mass is 16.3. The van der Waals surface area contributed by atoms with Crippen molar-refractivity contribution in [3.8, 4) is 0 Å². The molecule has 3 rings (SSSR count). The van der Waals surface area contributed by atoms with E-state index in [1.54, 1.807) is 11.8 Å². The fraction of sp³-hybridized carbons (Fsp3) is 0.429. The van der Waals surface area contributed by atoms with E-state index in [2.05, 4.69) is 9.97 Å². The molecule has 0 atom stereocenters. The number of rotatable bonds is 3. The Kier molecular flexibility index (Phi) is 2.78. The normalized spacial score (nSPS) is 17.5. The van der Waals surface area contributed by atoms with E-state index >= 15 is 0 Å². The summed E-state index contributed by atoms with van der Waals surface area (Å²) in [5.74, 6) is 0.911. The molecule has 1 aromatic heterocycles. The number of nitrogens with one attached hydrogen (secondary N) is 1. The van der Waals surface area contributed by atoms with E-state index in [-0.39, 0.29) is 5.91 Å². The van der Waals surface area contributed by atoms with E-state index in [0.29, 0.717) is 25.9 Å². The first kappa shape index (κ1) is 12.2. The van der Waals surface area contributed by atoms with Crippen molar-refractivity contribution in [1.82, 2.24) is 14.9 Å². The molecule has 0 bridgehead atoms. The number of fused-ring (bicyclic) bond motifs is 1. The van der Waals surface area contributed by atoms with Gasteiger partial charge in [0.2, 0.25) is 5.91 Å². The molecular weight excluding hydrogens is 242 g/mol.